The van der Waals surface area contributed by atoms with E-state index in [1.54, 1.807) is 12.1 Å². The Morgan fingerprint density at radius 2 is 1.57 bits per heavy atom. The summed E-state index contributed by atoms with van der Waals surface area (Å²) in [5.41, 5.74) is 0.844. The van der Waals surface area contributed by atoms with Gasteiger partial charge in [0.1, 0.15) is 0 Å². The molecule has 1 aromatic rings. The molecule has 0 atom stereocenters. The molecule has 0 aliphatic heterocycles. The Balaban J connectivity index is 2.59. The van der Waals surface area contributed by atoms with Gasteiger partial charge < -0.3 is 19.5 Å². The maximum atomic E-state index is 12.0. The molecule has 0 bridgehead atoms. The number of methoxy groups -OCH3 is 3. The van der Waals surface area contributed by atoms with Crippen molar-refractivity contribution in [1.29, 1.82) is 0 Å². The number of rotatable bonds is 8. The molecule has 1 aromatic carbocycles. The fourth-order valence-electron chi connectivity index (χ4n) is 1.88. The molecule has 0 heterocycles. The van der Waals surface area contributed by atoms with Crippen LogP contribution in [0, 0.1) is 0 Å². The zero-order chi connectivity index (χ0) is 15.9. The van der Waals surface area contributed by atoms with Gasteiger partial charge in [0, 0.05) is 13.0 Å². The summed E-state index contributed by atoms with van der Waals surface area (Å²) in [4.78, 5) is 0. The summed E-state index contributed by atoms with van der Waals surface area (Å²) in [6.07, 6.45) is -4.84. The van der Waals surface area contributed by atoms with E-state index in [0.717, 1.165) is 5.56 Å². The Kier molecular flexibility index (Phi) is 6.61. The normalized spacial score (nSPS) is 11.3. The summed E-state index contributed by atoms with van der Waals surface area (Å²) in [6.45, 7) is 0.713. The van der Waals surface area contributed by atoms with E-state index < -0.39 is 12.6 Å². The largest absolute Gasteiger partial charge is 0.493 e. The highest BCUT2D eigenvalue weighted by Crippen LogP contribution is 2.38. The highest BCUT2D eigenvalue weighted by atomic mass is 19.4. The minimum atomic E-state index is -4.10. The van der Waals surface area contributed by atoms with Crippen LogP contribution in [0.1, 0.15) is 18.4 Å². The number of benzene rings is 1. The van der Waals surface area contributed by atoms with E-state index in [4.69, 9.17) is 14.2 Å². The first-order chi connectivity index (χ1) is 9.91. The summed E-state index contributed by atoms with van der Waals surface area (Å²) in [6, 6.07) is 3.52. The molecular weight excluding hydrogens is 287 g/mol. The average molecular weight is 307 g/mol. The lowest BCUT2D eigenvalue weighted by atomic mass is 10.1. The predicted octanol–water partition coefficient (Wildman–Crippen LogP) is 3.14. The molecule has 0 spiro atoms. The fraction of sp³-hybridized carbons (Fsp3) is 0.571. The van der Waals surface area contributed by atoms with Crippen LogP contribution in [0.4, 0.5) is 13.2 Å². The fourth-order valence-corrected chi connectivity index (χ4v) is 1.88. The summed E-state index contributed by atoms with van der Waals surface area (Å²) in [7, 11) is 4.53. The standard InChI is InChI=1S/C14H20F3NO3/c1-19-11-7-10(8-12(20-2)13(11)21-3)9-18-6-4-5-14(15,16)17/h7-8,18H,4-6,9H2,1-3H3. The molecule has 21 heavy (non-hydrogen) atoms. The Labute approximate surface area is 122 Å². The highest BCUT2D eigenvalue weighted by Gasteiger charge is 2.25. The Morgan fingerprint density at radius 3 is 2.00 bits per heavy atom. The van der Waals surface area contributed by atoms with Crippen LogP contribution in [0.15, 0.2) is 12.1 Å². The molecule has 0 aliphatic rings. The quantitative estimate of drug-likeness (QED) is 0.749. The first-order valence-corrected chi connectivity index (χ1v) is 6.47. The lowest BCUT2D eigenvalue weighted by Crippen LogP contribution is -2.17. The van der Waals surface area contributed by atoms with Crippen LogP contribution >= 0.6 is 0 Å². The van der Waals surface area contributed by atoms with E-state index in [9.17, 15) is 13.2 Å². The molecule has 0 radical (unpaired) electrons. The van der Waals surface area contributed by atoms with Gasteiger partial charge in [0.25, 0.3) is 0 Å². The molecule has 120 valence electrons. The molecule has 1 N–H and O–H groups in total. The number of alkyl halides is 3. The highest BCUT2D eigenvalue weighted by molar-refractivity contribution is 5.53. The summed E-state index contributed by atoms with van der Waals surface area (Å²) in [5.74, 6) is 1.52. The summed E-state index contributed by atoms with van der Waals surface area (Å²) >= 11 is 0. The van der Waals surface area contributed by atoms with Gasteiger partial charge in [0.15, 0.2) is 11.5 Å². The van der Waals surface area contributed by atoms with Gasteiger partial charge in [-0.25, -0.2) is 0 Å². The third-order valence-corrected chi connectivity index (χ3v) is 2.87. The van der Waals surface area contributed by atoms with Gasteiger partial charge in [-0.1, -0.05) is 0 Å². The molecule has 0 amide bonds. The maximum Gasteiger partial charge on any atom is 0.389 e. The minimum absolute atomic E-state index is 0.0495. The van der Waals surface area contributed by atoms with Crippen LogP contribution in [0.25, 0.3) is 0 Å². The predicted molar refractivity (Wildman–Crippen MR) is 73.1 cm³/mol. The van der Waals surface area contributed by atoms with E-state index in [1.807, 2.05) is 0 Å². The van der Waals surface area contributed by atoms with Crippen molar-refractivity contribution in [3.8, 4) is 17.2 Å². The van der Waals surface area contributed by atoms with Gasteiger partial charge in [-0.2, -0.15) is 13.2 Å². The molecule has 4 nitrogen and oxygen atoms in total. The zero-order valence-electron chi connectivity index (χ0n) is 12.3. The van der Waals surface area contributed by atoms with Gasteiger partial charge in [-0.05, 0) is 30.7 Å². The van der Waals surface area contributed by atoms with Gasteiger partial charge in [-0.3, -0.25) is 0 Å². The molecule has 0 unspecified atom stereocenters. The van der Waals surface area contributed by atoms with Crippen LogP contribution in [0.2, 0.25) is 0 Å². The van der Waals surface area contributed by atoms with Crippen molar-refractivity contribution in [3.05, 3.63) is 17.7 Å². The molecule has 0 saturated carbocycles. The topological polar surface area (TPSA) is 39.7 Å². The van der Waals surface area contributed by atoms with E-state index in [1.165, 1.54) is 21.3 Å². The first-order valence-electron chi connectivity index (χ1n) is 6.47. The van der Waals surface area contributed by atoms with Crippen molar-refractivity contribution in [3.63, 3.8) is 0 Å². The van der Waals surface area contributed by atoms with Crippen molar-refractivity contribution in [2.45, 2.75) is 25.6 Å². The molecule has 0 saturated heterocycles. The van der Waals surface area contributed by atoms with Crippen molar-refractivity contribution in [2.75, 3.05) is 27.9 Å². The molecule has 7 heteroatoms. The number of ether oxygens (including phenoxy) is 3. The maximum absolute atomic E-state index is 12.0. The first kappa shape index (κ1) is 17.4. The van der Waals surface area contributed by atoms with Crippen LogP contribution in [-0.4, -0.2) is 34.1 Å². The zero-order valence-corrected chi connectivity index (χ0v) is 12.3. The van der Waals surface area contributed by atoms with E-state index in [2.05, 4.69) is 5.32 Å². The van der Waals surface area contributed by atoms with Gasteiger partial charge in [-0.15, -0.1) is 0 Å². The Bertz CT molecular complexity index is 425. The minimum Gasteiger partial charge on any atom is -0.493 e. The molecule has 0 aliphatic carbocycles. The smallest absolute Gasteiger partial charge is 0.389 e. The van der Waals surface area contributed by atoms with Crippen molar-refractivity contribution in [1.82, 2.24) is 5.32 Å². The van der Waals surface area contributed by atoms with Crippen LogP contribution in [0.5, 0.6) is 17.2 Å². The van der Waals surface area contributed by atoms with Gasteiger partial charge >= 0.3 is 6.18 Å². The lowest BCUT2D eigenvalue weighted by Gasteiger charge is -2.14. The van der Waals surface area contributed by atoms with Crippen molar-refractivity contribution < 1.29 is 27.4 Å². The van der Waals surface area contributed by atoms with Crippen LogP contribution < -0.4 is 19.5 Å². The lowest BCUT2D eigenvalue weighted by molar-refractivity contribution is -0.135. The molecule has 0 fully saturated rings. The molecule has 0 aromatic heterocycles. The molecular formula is C14H20F3NO3. The summed E-state index contributed by atoms with van der Waals surface area (Å²) < 4.78 is 51.7. The second kappa shape index (κ2) is 7.97. The Hall–Kier alpha value is -1.63. The van der Waals surface area contributed by atoms with Crippen molar-refractivity contribution in [2.24, 2.45) is 0 Å². The number of hydrogen-bond acceptors (Lipinski definition) is 4. The number of hydrogen-bond donors (Lipinski definition) is 1. The van der Waals surface area contributed by atoms with E-state index >= 15 is 0 Å². The van der Waals surface area contributed by atoms with E-state index in [0.29, 0.717) is 23.8 Å². The third kappa shape index (κ3) is 5.71. The van der Waals surface area contributed by atoms with Gasteiger partial charge in [0.2, 0.25) is 5.75 Å². The second-order valence-electron chi connectivity index (χ2n) is 4.43. The van der Waals surface area contributed by atoms with E-state index in [-0.39, 0.29) is 13.0 Å². The third-order valence-electron chi connectivity index (χ3n) is 2.87. The van der Waals surface area contributed by atoms with Crippen LogP contribution in [-0.2, 0) is 6.54 Å². The number of nitrogens with one attached hydrogen (secondary N) is 1. The molecule has 1 rings (SSSR count). The SMILES string of the molecule is COc1cc(CNCCCC(F)(F)F)cc(OC)c1OC. The number of halogens is 3. The average Bonchev–Trinajstić information content (AvgIpc) is 2.44. The Morgan fingerprint density at radius 1 is 1.00 bits per heavy atom. The van der Waals surface area contributed by atoms with Crippen LogP contribution in [0.3, 0.4) is 0 Å². The monoisotopic (exact) mass is 307 g/mol. The second-order valence-corrected chi connectivity index (χ2v) is 4.43. The van der Waals surface area contributed by atoms with Gasteiger partial charge in [0.05, 0.1) is 21.3 Å². The summed E-state index contributed by atoms with van der Waals surface area (Å²) in [5, 5.41) is 2.96. The van der Waals surface area contributed by atoms with Crippen molar-refractivity contribution >= 4 is 0 Å².